The number of hydrogen-bond acceptors (Lipinski definition) is 4. The number of fused-ring (bicyclic) bond motifs is 1. The van der Waals surface area contributed by atoms with Crippen LogP contribution >= 0.6 is 0 Å². The third-order valence-corrected chi connectivity index (χ3v) is 10.8. The van der Waals surface area contributed by atoms with Crippen molar-refractivity contribution in [3.8, 4) is 0 Å². The second-order valence-corrected chi connectivity index (χ2v) is 14.9. The first-order valence-corrected chi connectivity index (χ1v) is 14.0. The predicted octanol–water partition coefficient (Wildman–Crippen LogP) is 7.54. The van der Waals surface area contributed by atoms with Gasteiger partial charge in [-0.3, -0.25) is 0 Å². The van der Waals surface area contributed by atoms with Crippen LogP contribution in [-0.2, 0) is 9.22 Å². The summed E-state index contributed by atoms with van der Waals surface area (Å²) in [5.41, 5.74) is 4.21. The van der Waals surface area contributed by atoms with E-state index >= 15 is 0 Å². The minimum atomic E-state index is -1.94. The summed E-state index contributed by atoms with van der Waals surface area (Å²) in [6.45, 7) is 17.5. The van der Waals surface area contributed by atoms with E-state index in [1.807, 2.05) is 19.9 Å². The molecule has 1 aromatic heterocycles. The van der Waals surface area contributed by atoms with Crippen LogP contribution in [0.25, 0.3) is 11.1 Å². The Balaban J connectivity index is 2.22. The molecule has 0 N–H and O–H groups in total. The lowest BCUT2D eigenvalue weighted by atomic mass is 10.0. The lowest BCUT2D eigenvalue weighted by molar-refractivity contribution is -0.110. The van der Waals surface area contributed by atoms with Crippen molar-refractivity contribution in [1.29, 1.82) is 0 Å². The van der Waals surface area contributed by atoms with Gasteiger partial charge in [-0.15, -0.1) is 0 Å². The number of aryl methyl sites for hydroxylation is 1. The summed E-state index contributed by atoms with van der Waals surface area (Å²) >= 11 is 0. The highest BCUT2D eigenvalue weighted by Crippen LogP contribution is 2.41. The molecule has 2 aromatic rings. The number of nitrogens with zero attached hydrogens (tertiary/aromatic N) is 1. The summed E-state index contributed by atoms with van der Waals surface area (Å²) in [5.74, 6) is 0.828. The largest absolute Gasteiger partial charge is 0.441 e. The molecule has 166 valence electrons. The van der Waals surface area contributed by atoms with E-state index in [-0.39, 0.29) is 17.1 Å². The first kappa shape index (κ1) is 24.5. The molecular weight excluding hydrogens is 390 g/mol. The lowest BCUT2D eigenvalue weighted by Gasteiger charge is -2.39. The van der Waals surface area contributed by atoms with Gasteiger partial charge in [0.05, 0.1) is 6.10 Å². The maximum absolute atomic E-state index is 10.8. The first-order valence-electron chi connectivity index (χ1n) is 11.1. The normalized spacial score (nSPS) is 15.4. The molecule has 0 aliphatic heterocycles. The number of oxazole rings is 1. The molecule has 2 atom stereocenters. The van der Waals surface area contributed by atoms with E-state index in [4.69, 9.17) is 8.84 Å². The number of aldehydes is 1. The number of rotatable bonds is 10. The molecule has 0 saturated heterocycles. The van der Waals surface area contributed by atoms with Crippen molar-refractivity contribution < 1.29 is 13.6 Å². The molecule has 1 heterocycles. The van der Waals surface area contributed by atoms with Crippen molar-refractivity contribution in [2.75, 3.05) is 0 Å². The molecule has 0 amide bonds. The van der Waals surface area contributed by atoms with Crippen LogP contribution < -0.4 is 0 Å². The molecule has 0 spiro atoms. The van der Waals surface area contributed by atoms with Crippen LogP contribution in [0, 0.1) is 12.8 Å². The smallest absolute Gasteiger partial charge is 0.192 e. The Kier molecular flexibility index (Phi) is 8.23. The van der Waals surface area contributed by atoms with E-state index in [1.165, 1.54) is 5.57 Å². The van der Waals surface area contributed by atoms with Gasteiger partial charge in [-0.25, -0.2) is 4.98 Å². The number of aromatic nitrogens is 1. The standard InChI is InChI=1S/C25H39NO3Si/c1-18(10-9-11-19(2)17-27)12-14-23(29-30(7,8)25(4,5)6)21-13-15-24-22(16-21)26-20(3)28-24/h12-13,15-17,19,23H,9-11,14H2,1-8H3. The fourth-order valence-corrected chi connectivity index (χ4v) is 4.52. The van der Waals surface area contributed by atoms with Crippen LogP contribution in [0.15, 0.2) is 34.3 Å². The molecule has 0 fully saturated rings. The first-order chi connectivity index (χ1) is 13.9. The van der Waals surface area contributed by atoms with Gasteiger partial charge in [0, 0.05) is 12.8 Å². The fourth-order valence-electron chi connectivity index (χ4n) is 3.23. The van der Waals surface area contributed by atoms with E-state index in [2.05, 4.69) is 64.0 Å². The zero-order valence-electron chi connectivity index (χ0n) is 20.0. The Labute approximate surface area is 183 Å². The van der Waals surface area contributed by atoms with Crippen molar-refractivity contribution in [2.24, 2.45) is 5.92 Å². The van der Waals surface area contributed by atoms with Gasteiger partial charge in [-0.1, -0.05) is 45.4 Å². The molecular formula is C25H39NO3Si. The minimum Gasteiger partial charge on any atom is -0.441 e. The van der Waals surface area contributed by atoms with Gasteiger partial charge in [-0.2, -0.15) is 0 Å². The van der Waals surface area contributed by atoms with Gasteiger partial charge in [0.25, 0.3) is 0 Å². The maximum Gasteiger partial charge on any atom is 0.192 e. The average molecular weight is 430 g/mol. The van der Waals surface area contributed by atoms with E-state index in [9.17, 15) is 4.79 Å². The van der Waals surface area contributed by atoms with Crippen molar-refractivity contribution in [3.63, 3.8) is 0 Å². The minimum absolute atomic E-state index is 0.00357. The monoisotopic (exact) mass is 429 g/mol. The zero-order valence-corrected chi connectivity index (χ0v) is 21.0. The Morgan fingerprint density at radius 1 is 1.30 bits per heavy atom. The number of carbonyl (C=O) groups is 1. The molecule has 5 heteroatoms. The second kappa shape index (κ2) is 10.1. The Morgan fingerprint density at radius 3 is 2.63 bits per heavy atom. The second-order valence-electron chi connectivity index (χ2n) is 10.1. The number of allylic oxidation sites excluding steroid dienone is 1. The van der Waals surface area contributed by atoms with E-state index in [0.29, 0.717) is 5.89 Å². The van der Waals surface area contributed by atoms with Crippen LogP contribution in [0.3, 0.4) is 0 Å². The van der Waals surface area contributed by atoms with Crippen molar-refractivity contribution in [1.82, 2.24) is 4.98 Å². The third kappa shape index (κ3) is 6.64. The molecule has 1 aromatic carbocycles. The van der Waals surface area contributed by atoms with Crippen LogP contribution in [0.5, 0.6) is 0 Å². The quantitative estimate of drug-likeness (QED) is 0.222. The van der Waals surface area contributed by atoms with E-state index < -0.39 is 8.32 Å². The molecule has 0 aliphatic carbocycles. The maximum atomic E-state index is 10.8. The Bertz CT molecular complexity index is 876. The molecule has 0 saturated carbocycles. The number of benzene rings is 1. The SMILES string of the molecule is CC(=CCC(O[Si](C)(C)C(C)(C)C)c1ccc2oc(C)nc2c1)CCCC(C)C=O. The zero-order chi connectivity index (χ0) is 22.5. The Hall–Kier alpha value is -1.72. The van der Waals surface area contributed by atoms with Crippen molar-refractivity contribution >= 4 is 25.7 Å². The summed E-state index contributed by atoms with van der Waals surface area (Å²) in [7, 11) is -1.94. The van der Waals surface area contributed by atoms with Gasteiger partial charge < -0.3 is 13.6 Å². The van der Waals surface area contributed by atoms with Gasteiger partial charge in [0.2, 0.25) is 0 Å². The highest BCUT2D eigenvalue weighted by atomic mass is 28.4. The number of carbonyl (C=O) groups excluding carboxylic acids is 1. The van der Waals surface area contributed by atoms with Gasteiger partial charge in [0.1, 0.15) is 11.8 Å². The molecule has 2 rings (SSSR count). The fraction of sp³-hybridized carbons (Fsp3) is 0.600. The van der Waals surface area contributed by atoms with Crippen LogP contribution in [0.1, 0.15) is 77.9 Å². The predicted molar refractivity (Wildman–Crippen MR) is 127 cm³/mol. The van der Waals surface area contributed by atoms with Crippen LogP contribution in [0.4, 0.5) is 0 Å². The van der Waals surface area contributed by atoms with Gasteiger partial charge in [-0.05, 0) is 68.4 Å². The van der Waals surface area contributed by atoms with Crippen LogP contribution in [0.2, 0.25) is 18.1 Å². The van der Waals surface area contributed by atoms with Crippen LogP contribution in [-0.4, -0.2) is 19.6 Å². The summed E-state index contributed by atoms with van der Waals surface area (Å²) in [5, 5.41) is 0.142. The molecule has 4 nitrogen and oxygen atoms in total. The van der Waals surface area contributed by atoms with E-state index in [0.717, 1.165) is 48.6 Å². The molecule has 0 aliphatic rings. The summed E-state index contributed by atoms with van der Waals surface area (Å²) in [6, 6.07) is 6.22. The van der Waals surface area contributed by atoms with E-state index in [1.54, 1.807) is 0 Å². The molecule has 0 radical (unpaired) electrons. The third-order valence-electron chi connectivity index (χ3n) is 6.28. The van der Waals surface area contributed by atoms with Gasteiger partial charge in [0.15, 0.2) is 19.8 Å². The van der Waals surface area contributed by atoms with Crippen molar-refractivity contribution in [3.05, 3.63) is 41.3 Å². The average Bonchev–Trinajstić information content (AvgIpc) is 3.03. The summed E-state index contributed by atoms with van der Waals surface area (Å²) in [4.78, 5) is 15.3. The molecule has 2 unspecified atom stereocenters. The lowest BCUT2D eigenvalue weighted by Crippen LogP contribution is -2.41. The van der Waals surface area contributed by atoms with Gasteiger partial charge >= 0.3 is 0 Å². The number of hydrogen-bond donors (Lipinski definition) is 0. The topological polar surface area (TPSA) is 52.3 Å². The van der Waals surface area contributed by atoms with Crippen molar-refractivity contribution in [2.45, 2.75) is 91.5 Å². The summed E-state index contributed by atoms with van der Waals surface area (Å²) < 4.78 is 12.5. The highest BCUT2D eigenvalue weighted by molar-refractivity contribution is 6.74. The Morgan fingerprint density at radius 2 is 2.00 bits per heavy atom. The highest BCUT2D eigenvalue weighted by Gasteiger charge is 2.39. The molecule has 30 heavy (non-hydrogen) atoms. The summed E-state index contributed by atoms with van der Waals surface area (Å²) in [6.07, 6.45) is 7.19. The molecule has 0 bridgehead atoms.